The lowest BCUT2D eigenvalue weighted by molar-refractivity contribution is 0.381. The molecule has 26 heavy (non-hydrogen) atoms. The molecule has 0 radical (unpaired) electrons. The van der Waals surface area contributed by atoms with Crippen molar-refractivity contribution in [3.8, 4) is 22.3 Å². The van der Waals surface area contributed by atoms with Crippen molar-refractivity contribution in [2.75, 3.05) is 0 Å². The molecule has 3 rings (SSSR count). The average Bonchev–Trinajstić information content (AvgIpc) is 2.66. The summed E-state index contributed by atoms with van der Waals surface area (Å²) >= 11 is 0. The molecule has 0 heterocycles. The molecule has 0 saturated heterocycles. The molecule has 0 aliphatic carbocycles. The van der Waals surface area contributed by atoms with Gasteiger partial charge in [0.1, 0.15) is 0 Å². The molecule has 5 heteroatoms. The predicted octanol–water partition coefficient (Wildman–Crippen LogP) is 6.67. The second kappa shape index (κ2) is 7.28. The highest BCUT2D eigenvalue weighted by molar-refractivity contribution is 5.71. The van der Waals surface area contributed by atoms with Crippen LogP contribution in [0, 0.1) is 29.1 Å². The molecule has 0 aliphatic rings. The van der Waals surface area contributed by atoms with Gasteiger partial charge in [-0.25, -0.2) is 22.0 Å². The van der Waals surface area contributed by atoms with Gasteiger partial charge in [-0.1, -0.05) is 61.9 Å². The van der Waals surface area contributed by atoms with E-state index in [1.165, 1.54) is 17.7 Å². The summed E-state index contributed by atoms with van der Waals surface area (Å²) in [5.74, 6) is -9.73. The Morgan fingerprint density at radius 3 is 1.38 bits per heavy atom. The number of rotatable bonds is 4. The highest BCUT2D eigenvalue weighted by Gasteiger charge is 2.26. The van der Waals surface area contributed by atoms with Crippen LogP contribution in [0.1, 0.15) is 18.9 Å². The first-order valence-electron chi connectivity index (χ1n) is 8.15. The summed E-state index contributed by atoms with van der Waals surface area (Å²) in [6.45, 7) is 2.09. The molecular formula is C21H15F5. The van der Waals surface area contributed by atoms with Crippen molar-refractivity contribution in [2.24, 2.45) is 0 Å². The second-order valence-electron chi connectivity index (χ2n) is 5.97. The third-order valence-electron chi connectivity index (χ3n) is 4.21. The minimum absolute atomic E-state index is 0.0795. The van der Waals surface area contributed by atoms with E-state index in [0.717, 1.165) is 24.0 Å². The molecule has 0 aliphatic heterocycles. The Hall–Kier alpha value is -2.69. The van der Waals surface area contributed by atoms with Crippen LogP contribution in [-0.2, 0) is 6.42 Å². The fraction of sp³-hybridized carbons (Fsp3) is 0.143. The summed E-state index contributed by atoms with van der Waals surface area (Å²) in [6.07, 6.45) is 2.01. The van der Waals surface area contributed by atoms with Crippen molar-refractivity contribution >= 4 is 0 Å². The summed E-state index contributed by atoms with van der Waals surface area (Å²) < 4.78 is 67.7. The van der Waals surface area contributed by atoms with E-state index in [1.54, 1.807) is 12.1 Å². The van der Waals surface area contributed by atoms with Gasteiger partial charge < -0.3 is 0 Å². The van der Waals surface area contributed by atoms with Gasteiger partial charge in [-0.15, -0.1) is 0 Å². The Kier molecular flexibility index (Phi) is 5.07. The van der Waals surface area contributed by atoms with Crippen LogP contribution in [0.2, 0.25) is 0 Å². The third kappa shape index (κ3) is 3.21. The largest absolute Gasteiger partial charge is 0.203 e. The fourth-order valence-corrected chi connectivity index (χ4v) is 2.84. The van der Waals surface area contributed by atoms with Gasteiger partial charge in [0.25, 0.3) is 0 Å². The normalized spacial score (nSPS) is 11.0. The standard InChI is InChI=1S/C21H15F5/c1-2-3-12-4-6-13(7-5-12)14-8-10-15(11-9-14)16-17(22)19(24)21(26)20(25)18(16)23/h4-11H,2-3H2,1H3. The van der Waals surface area contributed by atoms with Gasteiger partial charge in [0.05, 0.1) is 5.56 Å². The maximum Gasteiger partial charge on any atom is 0.200 e. The van der Waals surface area contributed by atoms with Crippen molar-refractivity contribution in [3.05, 3.63) is 83.2 Å². The van der Waals surface area contributed by atoms with E-state index in [-0.39, 0.29) is 5.56 Å². The molecule has 134 valence electrons. The lowest BCUT2D eigenvalue weighted by atomic mass is 9.98. The quantitative estimate of drug-likeness (QED) is 0.276. The highest BCUT2D eigenvalue weighted by atomic mass is 19.2. The van der Waals surface area contributed by atoms with E-state index in [1.807, 2.05) is 24.3 Å². The lowest BCUT2D eigenvalue weighted by Gasteiger charge is -2.10. The molecular weight excluding hydrogens is 347 g/mol. The summed E-state index contributed by atoms with van der Waals surface area (Å²) in [4.78, 5) is 0. The Labute approximate surface area is 147 Å². The zero-order valence-corrected chi connectivity index (χ0v) is 13.9. The monoisotopic (exact) mass is 362 g/mol. The van der Waals surface area contributed by atoms with Crippen molar-refractivity contribution in [3.63, 3.8) is 0 Å². The van der Waals surface area contributed by atoms with E-state index in [2.05, 4.69) is 6.92 Å². The van der Waals surface area contributed by atoms with Crippen LogP contribution in [0.15, 0.2) is 48.5 Å². The Bertz CT molecular complexity index is 899. The van der Waals surface area contributed by atoms with Crippen molar-refractivity contribution in [1.82, 2.24) is 0 Å². The molecule has 0 amide bonds. The number of halogens is 5. The zero-order chi connectivity index (χ0) is 18.8. The zero-order valence-electron chi connectivity index (χ0n) is 13.9. The average molecular weight is 362 g/mol. The summed E-state index contributed by atoms with van der Waals surface area (Å²) in [7, 11) is 0. The topological polar surface area (TPSA) is 0 Å². The Morgan fingerprint density at radius 2 is 0.923 bits per heavy atom. The van der Waals surface area contributed by atoms with E-state index < -0.39 is 34.6 Å². The molecule has 3 aromatic rings. The summed E-state index contributed by atoms with van der Waals surface area (Å²) in [5.41, 5.74) is 1.87. The second-order valence-corrected chi connectivity index (χ2v) is 5.97. The number of aryl methyl sites for hydroxylation is 1. The molecule has 0 spiro atoms. The summed E-state index contributed by atoms with van der Waals surface area (Å²) in [5, 5.41) is 0. The molecule has 0 N–H and O–H groups in total. The van der Waals surface area contributed by atoms with Crippen molar-refractivity contribution in [1.29, 1.82) is 0 Å². The van der Waals surface area contributed by atoms with E-state index in [4.69, 9.17) is 0 Å². The van der Waals surface area contributed by atoms with Crippen LogP contribution in [0.25, 0.3) is 22.3 Å². The SMILES string of the molecule is CCCc1ccc(-c2ccc(-c3c(F)c(F)c(F)c(F)c3F)cc2)cc1. The lowest BCUT2D eigenvalue weighted by Crippen LogP contribution is -2.03. The molecule has 0 saturated carbocycles. The van der Waals surface area contributed by atoms with E-state index >= 15 is 0 Å². The van der Waals surface area contributed by atoms with Crippen molar-refractivity contribution in [2.45, 2.75) is 19.8 Å². The molecule has 0 atom stereocenters. The minimum atomic E-state index is -2.16. The van der Waals surface area contributed by atoms with Gasteiger partial charge in [0.2, 0.25) is 5.82 Å². The van der Waals surface area contributed by atoms with Gasteiger partial charge in [-0.05, 0) is 28.7 Å². The van der Waals surface area contributed by atoms with Crippen LogP contribution < -0.4 is 0 Å². The number of hydrogen-bond acceptors (Lipinski definition) is 0. The minimum Gasteiger partial charge on any atom is -0.203 e. The molecule has 0 fully saturated rings. The maximum atomic E-state index is 13.9. The van der Waals surface area contributed by atoms with Gasteiger partial charge >= 0.3 is 0 Å². The van der Waals surface area contributed by atoms with Crippen LogP contribution in [0.3, 0.4) is 0 Å². The predicted molar refractivity (Wildman–Crippen MR) is 91.1 cm³/mol. The first kappa shape index (κ1) is 18.1. The van der Waals surface area contributed by atoms with Crippen molar-refractivity contribution < 1.29 is 22.0 Å². The molecule has 0 unspecified atom stereocenters. The number of hydrogen-bond donors (Lipinski definition) is 0. The van der Waals surface area contributed by atoms with E-state index in [0.29, 0.717) is 0 Å². The third-order valence-corrected chi connectivity index (χ3v) is 4.21. The van der Waals surface area contributed by atoms with Crippen LogP contribution in [0.4, 0.5) is 22.0 Å². The van der Waals surface area contributed by atoms with Crippen LogP contribution >= 0.6 is 0 Å². The molecule has 3 aromatic carbocycles. The van der Waals surface area contributed by atoms with Gasteiger partial charge in [-0.3, -0.25) is 0 Å². The maximum absolute atomic E-state index is 13.9. The van der Waals surface area contributed by atoms with Gasteiger partial charge in [0.15, 0.2) is 23.3 Å². The molecule has 0 aromatic heterocycles. The van der Waals surface area contributed by atoms with Crippen LogP contribution in [0.5, 0.6) is 0 Å². The fourth-order valence-electron chi connectivity index (χ4n) is 2.84. The first-order chi connectivity index (χ1) is 12.4. The molecule has 0 bridgehead atoms. The Morgan fingerprint density at radius 1 is 0.538 bits per heavy atom. The van der Waals surface area contributed by atoms with E-state index in [9.17, 15) is 22.0 Å². The van der Waals surface area contributed by atoms with Crippen LogP contribution in [-0.4, -0.2) is 0 Å². The highest BCUT2D eigenvalue weighted by Crippen LogP contribution is 2.32. The summed E-state index contributed by atoms with van der Waals surface area (Å²) in [6, 6.07) is 13.7. The smallest absolute Gasteiger partial charge is 0.200 e. The Balaban J connectivity index is 1.98. The first-order valence-corrected chi connectivity index (χ1v) is 8.15. The van der Waals surface area contributed by atoms with Gasteiger partial charge in [-0.2, -0.15) is 0 Å². The number of benzene rings is 3. The van der Waals surface area contributed by atoms with Gasteiger partial charge in [0, 0.05) is 0 Å². The molecule has 0 nitrogen and oxygen atoms in total.